The van der Waals surface area contributed by atoms with E-state index < -0.39 is 11.9 Å². The average molecular weight is 267 g/mol. The van der Waals surface area contributed by atoms with Crippen LogP contribution in [0.5, 0.6) is 0 Å². The van der Waals surface area contributed by atoms with E-state index in [1.54, 1.807) is 0 Å². The number of hydrogen-bond donors (Lipinski definition) is 2. The Kier molecular flexibility index (Phi) is 4.83. The van der Waals surface area contributed by atoms with Crippen LogP contribution in [0.1, 0.15) is 51.9 Å². The molecule has 2 aliphatic carbocycles. The van der Waals surface area contributed by atoms with Crippen LogP contribution in [0.4, 0.5) is 0 Å². The number of carboxylic acid groups (broad SMARTS) is 1. The number of aliphatic carboxylic acids is 1. The van der Waals surface area contributed by atoms with Crippen LogP contribution in [0, 0.1) is 23.7 Å². The molecule has 2 rings (SSSR count). The van der Waals surface area contributed by atoms with Crippen molar-refractivity contribution in [2.75, 3.05) is 6.54 Å². The Morgan fingerprint density at radius 2 is 1.84 bits per heavy atom. The fourth-order valence-electron chi connectivity index (χ4n) is 3.35. The maximum absolute atomic E-state index is 12.1. The van der Waals surface area contributed by atoms with Gasteiger partial charge in [-0.3, -0.25) is 9.59 Å². The molecule has 3 unspecified atom stereocenters. The molecule has 0 heterocycles. The summed E-state index contributed by atoms with van der Waals surface area (Å²) in [6.45, 7) is 2.78. The van der Waals surface area contributed by atoms with E-state index >= 15 is 0 Å². The topological polar surface area (TPSA) is 66.4 Å². The second kappa shape index (κ2) is 6.40. The van der Waals surface area contributed by atoms with Gasteiger partial charge in [-0.15, -0.1) is 0 Å². The summed E-state index contributed by atoms with van der Waals surface area (Å²) in [4.78, 5) is 23.4. The zero-order chi connectivity index (χ0) is 13.8. The second-order valence-corrected chi connectivity index (χ2v) is 6.17. The lowest BCUT2D eigenvalue weighted by molar-refractivity contribution is -0.146. The molecule has 3 atom stereocenters. The summed E-state index contributed by atoms with van der Waals surface area (Å²) in [5.74, 6) is -0.471. The number of hydrogen-bond acceptors (Lipinski definition) is 2. The highest BCUT2D eigenvalue weighted by molar-refractivity contribution is 5.85. The van der Waals surface area contributed by atoms with E-state index in [2.05, 4.69) is 12.2 Å². The number of carboxylic acids is 1. The highest BCUT2D eigenvalue weighted by Crippen LogP contribution is 2.38. The summed E-state index contributed by atoms with van der Waals surface area (Å²) in [6.07, 6.45) is 7.31. The minimum atomic E-state index is -0.810. The third-order valence-corrected chi connectivity index (χ3v) is 4.97. The maximum atomic E-state index is 12.1. The van der Waals surface area contributed by atoms with Crippen molar-refractivity contribution < 1.29 is 14.7 Å². The average Bonchev–Trinajstić information content (AvgIpc) is 2.76. The molecule has 4 nitrogen and oxygen atoms in total. The summed E-state index contributed by atoms with van der Waals surface area (Å²) in [5, 5.41) is 12.2. The molecule has 0 aromatic heterocycles. The molecule has 0 spiro atoms. The van der Waals surface area contributed by atoms with E-state index in [4.69, 9.17) is 0 Å². The van der Waals surface area contributed by atoms with Gasteiger partial charge in [-0.1, -0.05) is 32.6 Å². The smallest absolute Gasteiger partial charge is 0.307 e. The first-order valence-corrected chi connectivity index (χ1v) is 7.62. The van der Waals surface area contributed by atoms with Gasteiger partial charge in [0.15, 0.2) is 0 Å². The van der Waals surface area contributed by atoms with Gasteiger partial charge in [0.05, 0.1) is 11.8 Å². The van der Waals surface area contributed by atoms with Crippen molar-refractivity contribution in [2.24, 2.45) is 23.7 Å². The molecule has 0 aromatic carbocycles. The number of carbonyl (C=O) groups excluding carboxylic acids is 1. The van der Waals surface area contributed by atoms with Crippen molar-refractivity contribution in [2.45, 2.75) is 51.9 Å². The molecule has 0 saturated heterocycles. The lowest BCUT2D eigenvalue weighted by atomic mass is 9.83. The summed E-state index contributed by atoms with van der Waals surface area (Å²) >= 11 is 0. The van der Waals surface area contributed by atoms with E-state index in [1.807, 2.05) is 0 Å². The van der Waals surface area contributed by atoms with Gasteiger partial charge in [0, 0.05) is 6.54 Å². The van der Waals surface area contributed by atoms with E-state index in [-0.39, 0.29) is 11.8 Å². The van der Waals surface area contributed by atoms with Gasteiger partial charge in [0.25, 0.3) is 0 Å². The third kappa shape index (κ3) is 3.48. The minimum Gasteiger partial charge on any atom is -0.481 e. The molecule has 2 fully saturated rings. The Balaban J connectivity index is 1.80. The van der Waals surface area contributed by atoms with Crippen molar-refractivity contribution in [1.82, 2.24) is 5.32 Å². The van der Waals surface area contributed by atoms with Crippen molar-refractivity contribution in [3.05, 3.63) is 0 Å². The lowest BCUT2D eigenvalue weighted by Crippen LogP contribution is -2.36. The summed E-state index contributed by atoms with van der Waals surface area (Å²) in [5.41, 5.74) is 0. The monoisotopic (exact) mass is 267 g/mol. The van der Waals surface area contributed by atoms with Gasteiger partial charge < -0.3 is 10.4 Å². The van der Waals surface area contributed by atoms with E-state index in [0.717, 1.165) is 25.2 Å². The molecule has 1 amide bonds. The summed E-state index contributed by atoms with van der Waals surface area (Å²) < 4.78 is 0. The molecular formula is C15H25NO3. The van der Waals surface area contributed by atoms with Gasteiger partial charge in [0.2, 0.25) is 5.91 Å². The SMILES string of the molecule is CCC1CC(C(=O)O)C(C(=O)NCCC2CCC2)C1. The van der Waals surface area contributed by atoms with Crippen LogP contribution in [0.25, 0.3) is 0 Å². The Labute approximate surface area is 115 Å². The van der Waals surface area contributed by atoms with E-state index in [1.165, 1.54) is 19.3 Å². The van der Waals surface area contributed by atoms with Crippen LogP contribution in [0.2, 0.25) is 0 Å². The molecule has 19 heavy (non-hydrogen) atoms. The molecular weight excluding hydrogens is 242 g/mol. The molecule has 0 bridgehead atoms. The van der Waals surface area contributed by atoms with Gasteiger partial charge in [0.1, 0.15) is 0 Å². The fraction of sp³-hybridized carbons (Fsp3) is 0.867. The van der Waals surface area contributed by atoms with Crippen molar-refractivity contribution in [3.8, 4) is 0 Å². The number of nitrogens with one attached hydrogen (secondary N) is 1. The first-order chi connectivity index (χ1) is 9.11. The predicted octanol–water partition coefficient (Wildman–Crippen LogP) is 2.43. The van der Waals surface area contributed by atoms with Gasteiger partial charge in [-0.05, 0) is 31.1 Å². The molecule has 2 saturated carbocycles. The molecule has 4 heteroatoms. The van der Waals surface area contributed by atoms with Crippen LogP contribution < -0.4 is 5.32 Å². The molecule has 0 radical (unpaired) electrons. The van der Waals surface area contributed by atoms with E-state index in [9.17, 15) is 14.7 Å². The highest BCUT2D eigenvalue weighted by Gasteiger charge is 2.41. The number of rotatable bonds is 6. The highest BCUT2D eigenvalue weighted by atomic mass is 16.4. The Bertz CT molecular complexity index is 338. The zero-order valence-corrected chi connectivity index (χ0v) is 11.7. The van der Waals surface area contributed by atoms with Crippen LogP contribution >= 0.6 is 0 Å². The van der Waals surface area contributed by atoms with Crippen LogP contribution in [0.15, 0.2) is 0 Å². The normalized spacial score (nSPS) is 30.9. The van der Waals surface area contributed by atoms with E-state index in [0.29, 0.717) is 18.9 Å². The largest absolute Gasteiger partial charge is 0.481 e. The van der Waals surface area contributed by atoms with Crippen LogP contribution in [0.3, 0.4) is 0 Å². The summed E-state index contributed by atoms with van der Waals surface area (Å²) in [7, 11) is 0. The molecule has 108 valence electrons. The number of carbonyl (C=O) groups is 2. The molecule has 2 N–H and O–H groups in total. The third-order valence-electron chi connectivity index (χ3n) is 4.97. The molecule has 2 aliphatic rings. The Morgan fingerprint density at radius 1 is 1.16 bits per heavy atom. The van der Waals surface area contributed by atoms with Crippen LogP contribution in [-0.2, 0) is 9.59 Å². The van der Waals surface area contributed by atoms with Gasteiger partial charge in [-0.25, -0.2) is 0 Å². The van der Waals surface area contributed by atoms with Crippen LogP contribution in [-0.4, -0.2) is 23.5 Å². The first-order valence-electron chi connectivity index (χ1n) is 7.62. The standard InChI is InChI=1S/C15H25NO3/c1-2-10-8-12(13(9-10)15(18)19)14(17)16-7-6-11-4-3-5-11/h10-13H,2-9H2,1H3,(H,16,17)(H,18,19). The predicted molar refractivity (Wildman–Crippen MR) is 72.6 cm³/mol. The number of amides is 1. The van der Waals surface area contributed by atoms with Crippen molar-refractivity contribution in [1.29, 1.82) is 0 Å². The first kappa shape index (κ1) is 14.4. The quantitative estimate of drug-likeness (QED) is 0.776. The van der Waals surface area contributed by atoms with Gasteiger partial charge >= 0.3 is 5.97 Å². The van der Waals surface area contributed by atoms with Gasteiger partial charge in [-0.2, -0.15) is 0 Å². The zero-order valence-electron chi connectivity index (χ0n) is 11.7. The minimum absolute atomic E-state index is 0.0392. The Hall–Kier alpha value is -1.06. The second-order valence-electron chi connectivity index (χ2n) is 6.17. The summed E-state index contributed by atoms with van der Waals surface area (Å²) in [6, 6.07) is 0. The fourth-order valence-corrected chi connectivity index (χ4v) is 3.35. The Morgan fingerprint density at radius 3 is 2.37 bits per heavy atom. The van der Waals surface area contributed by atoms with Crippen molar-refractivity contribution >= 4 is 11.9 Å². The molecule has 0 aliphatic heterocycles. The van der Waals surface area contributed by atoms with Crippen molar-refractivity contribution in [3.63, 3.8) is 0 Å². The molecule has 0 aromatic rings. The maximum Gasteiger partial charge on any atom is 0.307 e. The lowest BCUT2D eigenvalue weighted by Gasteiger charge is -2.25.